The monoisotopic (exact) mass is 384 g/mol. The van der Waals surface area contributed by atoms with Gasteiger partial charge in [0, 0.05) is 5.69 Å². The molecule has 0 radical (unpaired) electrons. The van der Waals surface area contributed by atoms with Crippen LogP contribution < -0.4 is 10.5 Å². The Morgan fingerprint density at radius 2 is 1.92 bits per heavy atom. The zero-order valence-electron chi connectivity index (χ0n) is 11.7. The van der Waals surface area contributed by atoms with Crippen LogP contribution in [0.2, 0.25) is 4.34 Å². The normalized spacial score (nSPS) is 11.4. The number of aromatic nitrogens is 4. The molecule has 1 amide bonds. The smallest absolute Gasteiger partial charge is 0.290 e. The number of anilines is 1. The van der Waals surface area contributed by atoms with E-state index in [9.17, 15) is 13.2 Å². The van der Waals surface area contributed by atoms with E-state index < -0.39 is 15.9 Å². The van der Waals surface area contributed by atoms with Crippen molar-refractivity contribution >= 4 is 44.6 Å². The van der Waals surface area contributed by atoms with Crippen LogP contribution in [-0.2, 0) is 10.0 Å². The molecule has 0 spiro atoms. The molecule has 0 atom stereocenters. The topological polar surface area (TPSA) is 133 Å². The zero-order valence-corrected chi connectivity index (χ0v) is 14.1. The Bertz CT molecular complexity index is 996. The molecule has 0 bridgehead atoms. The van der Waals surface area contributed by atoms with Crippen molar-refractivity contribution in [3.63, 3.8) is 0 Å². The molecular formula is C12H9ClN6O3S2. The van der Waals surface area contributed by atoms with Crippen molar-refractivity contribution in [2.45, 2.75) is 4.21 Å². The maximum absolute atomic E-state index is 12.2. The van der Waals surface area contributed by atoms with Crippen LogP contribution in [0.25, 0.3) is 5.69 Å². The maximum Gasteiger partial charge on any atom is 0.290 e. The highest BCUT2D eigenvalue weighted by molar-refractivity contribution is 7.94. The highest BCUT2D eigenvalue weighted by Gasteiger charge is 2.17. The molecule has 0 saturated heterocycles. The van der Waals surface area contributed by atoms with Gasteiger partial charge >= 0.3 is 0 Å². The van der Waals surface area contributed by atoms with Gasteiger partial charge in [-0.3, -0.25) is 9.52 Å². The maximum atomic E-state index is 12.2. The number of primary amides is 1. The molecule has 124 valence electrons. The quantitative estimate of drug-likeness (QED) is 0.680. The number of hydrogen-bond acceptors (Lipinski definition) is 7. The minimum atomic E-state index is -3.70. The predicted octanol–water partition coefficient (Wildman–Crippen LogP) is 1.28. The first-order valence-electron chi connectivity index (χ1n) is 6.33. The number of nitrogens with two attached hydrogens (primary N) is 1. The van der Waals surface area contributed by atoms with Gasteiger partial charge in [-0.2, -0.15) is 0 Å². The Labute approximate surface area is 145 Å². The van der Waals surface area contributed by atoms with Crippen LogP contribution in [0.3, 0.4) is 0 Å². The van der Waals surface area contributed by atoms with E-state index in [1.54, 1.807) is 12.1 Å². The summed E-state index contributed by atoms with van der Waals surface area (Å²) in [5.74, 6) is -1.01. The van der Waals surface area contributed by atoms with Gasteiger partial charge in [-0.15, -0.1) is 26.3 Å². The molecule has 0 aliphatic rings. The Hall–Kier alpha value is -2.50. The van der Waals surface area contributed by atoms with E-state index in [1.165, 1.54) is 24.3 Å². The van der Waals surface area contributed by atoms with Gasteiger partial charge in [0.15, 0.2) is 0 Å². The molecule has 2 aromatic heterocycles. The summed E-state index contributed by atoms with van der Waals surface area (Å²) in [5, 5.41) is 11.0. The number of rotatable bonds is 5. The molecule has 12 heteroatoms. The number of thiophene rings is 1. The number of hydrogen-bond donors (Lipinski definition) is 2. The van der Waals surface area contributed by atoms with Crippen LogP contribution in [0.4, 0.5) is 5.69 Å². The van der Waals surface area contributed by atoms with Crippen molar-refractivity contribution in [2.75, 3.05) is 4.72 Å². The Kier molecular flexibility index (Phi) is 4.22. The average Bonchev–Trinajstić information content (AvgIpc) is 3.17. The second-order valence-corrected chi connectivity index (χ2v) is 8.10. The van der Waals surface area contributed by atoms with Crippen molar-refractivity contribution in [2.24, 2.45) is 5.73 Å². The number of nitrogens with one attached hydrogen (secondary N) is 1. The summed E-state index contributed by atoms with van der Waals surface area (Å²) in [7, 11) is -3.70. The van der Waals surface area contributed by atoms with Crippen molar-refractivity contribution in [3.05, 3.63) is 46.6 Å². The van der Waals surface area contributed by atoms with Crippen LogP contribution in [0.15, 0.2) is 40.6 Å². The van der Waals surface area contributed by atoms with Gasteiger partial charge in [-0.05, 0) is 41.6 Å². The fraction of sp³-hybridized carbons (Fsp3) is 0. The molecular weight excluding hydrogens is 376 g/mol. The lowest BCUT2D eigenvalue weighted by Crippen LogP contribution is -2.13. The number of carbonyl (C=O) groups excluding carboxylic acids is 1. The number of carbonyl (C=O) groups is 1. The summed E-state index contributed by atoms with van der Waals surface area (Å²) in [6.45, 7) is 0. The molecule has 3 aromatic rings. The fourth-order valence-corrected chi connectivity index (χ4v) is 4.27. The van der Waals surface area contributed by atoms with E-state index in [-0.39, 0.29) is 10.0 Å². The molecule has 0 fully saturated rings. The lowest BCUT2D eigenvalue weighted by atomic mass is 10.3. The molecule has 3 rings (SSSR count). The van der Waals surface area contributed by atoms with Crippen LogP contribution in [0.1, 0.15) is 10.6 Å². The Balaban J connectivity index is 1.80. The molecule has 3 N–H and O–H groups in total. The van der Waals surface area contributed by atoms with Crippen LogP contribution in [0, 0.1) is 0 Å². The molecule has 24 heavy (non-hydrogen) atoms. The third kappa shape index (κ3) is 3.37. The first-order valence-corrected chi connectivity index (χ1v) is 9.01. The van der Waals surface area contributed by atoms with Gasteiger partial charge in [0.1, 0.15) is 4.21 Å². The van der Waals surface area contributed by atoms with E-state index >= 15 is 0 Å². The molecule has 9 nitrogen and oxygen atoms in total. The van der Waals surface area contributed by atoms with Gasteiger partial charge in [-0.25, -0.2) is 8.42 Å². The fourth-order valence-electron chi connectivity index (χ4n) is 1.73. The van der Waals surface area contributed by atoms with Gasteiger partial charge in [0.25, 0.3) is 21.8 Å². The highest BCUT2D eigenvalue weighted by Crippen LogP contribution is 2.27. The van der Waals surface area contributed by atoms with E-state index in [1.807, 2.05) is 0 Å². The lowest BCUT2D eigenvalue weighted by Gasteiger charge is -2.06. The molecule has 0 aliphatic heterocycles. The summed E-state index contributed by atoms with van der Waals surface area (Å²) in [6.07, 6.45) is 0. The second-order valence-electron chi connectivity index (χ2n) is 4.48. The highest BCUT2D eigenvalue weighted by atomic mass is 35.5. The standard InChI is InChI=1S/C12H9ClN6O3S2/c13-9-5-6-10(23-9)24(21,22)17-7-1-3-8(4-2-7)19-16-12(11(14)20)15-18-19/h1-6,17H,(H2,14,20). The van der Waals surface area contributed by atoms with Crippen LogP contribution >= 0.6 is 22.9 Å². The summed E-state index contributed by atoms with van der Waals surface area (Å²) >= 11 is 6.71. The third-order valence-electron chi connectivity index (χ3n) is 2.80. The lowest BCUT2D eigenvalue weighted by molar-refractivity contribution is 0.0990. The summed E-state index contributed by atoms with van der Waals surface area (Å²) in [6, 6.07) is 9.10. The Morgan fingerprint density at radius 1 is 1.21 bits per heavy atom. The number of halogens is 1. The minimum absolute atomic E-state index is 0.112. The minimum Gasteiger partial charge on any atom is -0.363 e. The molecule has 2 heterocycles. The summed E-state index contributed by atoms with van der Waals surface area (Å²) in [5.41, 5.74) is 5.88. The Morgan fingerprint density at radius 3 is 2.46 bits per heavy atom. The van der Waals surface area contributed by atoms with E-state index in [0.29, 0.717) is 15.7 Å². The number of benzene rings is 1. The third-order valence-corrected chi connectivity index (χ3v) is 5.90. The van der Waals surface area contributed by atoms with Crippen molar-refractivity contribution in [1.29, 1.82) is 0 Å². The summed E-state index contributed by atoms with van der Waals surface area (Å²) < 4.78 is 27.3. The SMILES string of the molecule is NC(=O)c1nnn(-c2ccc(NS(=O)(=O)c3ccc(Cl)s3)cc2)n1. The van der Waals surface area contributed by atoms with Gasteiger partial charge in [-0.1, -0.05) is 11.6 Å². The number of sulfonamides is 1. The van der Waals surface area contributed by atoms with Crippen molar-refractivity contribution in [3.8, 4) is 5.69 Å². The first kappa shape index (κ1) is 16.4. The number of amides is 1. The van der Waals surface area contributed by atoms with Crippen molar-refractivity contribution < 1.29 is 13.2 Å². The summed E-state index contributed by atoms with van der Waals surface area (Å²) in [4.78, 5) is 12.1. The van der Waals surface area contributed by atoms with E-state index in [2.05, 4.69) is 20.1 Å². The molecule has 0 unspecified atom stereocenters. The largest absolute Gasteiger partial charge is 0.363 e. The predicted molar refractivity (Wildman–Crippen MR) is 87.8 cm³/mol. The van der Waals surface area contributed by atoms with Gasteiger partial charge in [0.2, 0.25) is 0 Å². The molecule has 0 saturated carbocycles. The van der Waals surface area contributed by atoms with Gasteiger partial charge in [0.05, 0.1) is 10.0 Å². The first-order chi connectivity index (χ1) is 11.3. The average molecular weight is 385 g/mol. The van der Waals surface area contributed by atoms with Gasteiger partial charge < -0.3 is 5.73 Å². The van der Waals surface area contributed by atoms with E-state index in [0.717, 1.165) is 16.1 Å². The van der Waals surface area contributed by atoms with Crippen molar-refractivity contribution in [1.82, 2.24) is 20.2 Å². The van der Waals surface area contributed by atoms with Crippen LogP contribution in [-0.4, -0.2) is 34.5 Å². The van der Waals surface area contributed by atoms with E-state index in [4.69, 9.17) is 17.3 Å². The molecule has 1 aromatic carbocycles. The zero-order chi connectivity index (χ0) is 17.3. The number of tetrazole rings is 1. The number of nitrogens with zero attached hydrogens (tertiary/aromatic N) is 4. The second kappa shape index (κ2) is 6.19. The molecule has 0 aliphatic carbocycles. The van der Waals surface area contributed by atoms with Crippen LogP contribution in [0.5, 0.6) is 0 Å².